The monoisotopic (exact) mass is 394 g/mol. The van der Waals surface area contributed by atoms with Gasteiger partial charge in [0.25, 0.3) is 5.91 Å². The van der Waals surface area contributed by atoms with Gasteiger partial charge < -0.3 is 10.1 Å². The van der Waals surface area contributed by atoms with E-state index in [0.29, 0.717) is 5.92 Å². The number of hydrogen-bond donors (Lipinski definition) is 2. The second kappa shape index (κ2) is 9.66. The van der Waals surface area contributed by atoms with Gasteiger partial charge in [-0.2, -0.15) is 0 Å². The van der Waals surface area contributed by atoms with Gasteiger partial charge in [0.05, 0.1) is 10.5 Å². The number of amides is 1. The highest BCUT2D eigenvalue weighted by Gasteiger charge is 2.23. The summed E-state index contributed by atoms with van der Waals surface area (Å²) in [6, 6.07) is 5.59. The highest BCUT2D eigenvalue weighted by molar-refractivity contribution is 7.89. The van der Waals surface area contributed by atoms with Crippen molar-refractivity contribution >= 4 is 21.9 Å². The van der Waals surface area contributed by atoms with Crippen LogP contribution in [0.2, 0.25) is 0 Å². The first kappa shape index (κ1) is 21.1. The predicted octanol–water partition coefficient (Wildman–Crippen LogP) is 2.00. The smallest absolute Gasteiger partial charge is 0.338 e. The van der Waals surface area contributed by atoms with E-state index < -0.39 is 22.6 Å². The third-order valence-electron chi connectivity index (χ3n) is 4.59. The minimum Gasteiger partial charge on any atom is -0.452 e. The summed E-state index contributed by atoms with van der Waals surface area (Å²) in [6.07, 6.45) is 5.67. The zero-order chi connectivity index (χ0) is 19.9. The molecular formula is C19H26N2O5S. The molecule has 0 bridgehead atoms. The number of carbonyl (C=O) groups excluding carboxylic acids is 2. The van der Waals surface area contributed by atoms with Gasteiger partial charge in [-0.3, -0.25) is 4.79 Å². The molecule has 0 aromatic heterocycles. The summed E-state index contributed by atoms with van der Waals surface area (Å²) in [5, 5.41) is 2.90. The van der Waals surface area contributed by atoms with Gasteiger partial charge in [0.15, 0.2) is 6.61 Å². The van der Waals surface area contributed by atoms with Crippen molar-refractivity contribution in [2.24, 2.45) is 5.92 Å². The summed E-state index contributed by atoms with van der Waals surface area (Å²) in [7, 11) is -3.74. The Morgan fingerprint density at radius 2 is 2.04 bits per heavy atom. The van der Waals surface area contributed by atoms with E-state index in [4.69, 9.17) is 4.74 Å². The molecule has 2 rings (SSSR count). The molecule has 148 valence electrons. The minimum atomic E-state index is -3.74. The van der Waals surface area contributed by atoms with Crippen molar-refractivity contribution in [2.75, 3.05) is 13.2 Å². The van der Waals surface area contributed by atoms with Crippen LogP contribution in [0.25, 0.3) is 0 Å². The largest absolute Gasteiger partial charge is 0.452 e. The zero-order valence-electron chi connectivity index (χ0n) is 15.4. The van der Waals surface area contributed by atoms with E-state index in [1.165, 1.54) is 36.8 Å². The maximum atomic E-state index is 12.2. The molecule has 1 aromatic rings. The molecule has 0 unspecified atom stereocenters. The molecule has 0 radical (unpaired) electrons. The lowest BCUT2D eigenvalue weighted by molar-refractivity contribution is -0.125. The molecule has 8 heteroatoms. The predicted molar refractivity (Wildman–Crippen MR) is 102 cm³/mol. The number of carbonyl (C=O) groups is 2. The van der Waals surface area contributed by atoms with E-state index in [-0.39, 0.29) is 29.0 Å². The number of esters is 1. The van der Waals surface area contributed by atoms with Gasteiger partial charge in [-0.1, -0.05) is 31.9 Å². The zero-order valence-corrected chi connectivity index (χ0v) is 16.3. The molecular weight excluding hydrogens is 368 g/mol. The van der Waals surface area contributed by atoms with Crippen molar-refractivity contribution in [3.63, 3.8) is 0 Å². The minimum absolute atomic E-state index is 0.0562. The summed E-state index contributed by atoms with van der Waals surface area (Å²) in [4.78, 5) is 24.1. The van der Waals surface area contributed by atoms with Crippen LogP contribution in [0.3, 0.4) is 0 Å². The van der Waals surface area contributed by atoms with Crippen LogP contribution in [0, 0.1) is 5.92 Å². The van der Waals surface area contributed by atoms with Crippen LogP contribution in [0.1, 0.15) is 43.0 Å². The first-order valence-corrected chi connectivity index (χ1v) is 10.5. The molecule has 1 saturated carbocycles. The molecule has 1 fully saturated rings. The number of sulfonamides is 1. The first-order chi connectivity index (χ1) is 12.8. The molecule has 1 aliphatic carbocycles. The van der Waals surface area contributed by atoms with E-state index >= 15 is 0 Å². The van der Waals surface area contributed by atoms with E-state index in [0.717, 1.165) is 19.3 Å². The molecule has 0 heterocycles. The maximum absolute atomic E-state index is 12.2. The van der Waals surface area contributed by atoms with Crippen LogP contribution in [-0.4, -0.2) is 39.5 Å². The normalized spacial score (nSPS) is 19.9. The topological polar surface area (TPSA) is 102 Å². The van der Waals surface area contributed by atoms with Crippen molar-refractivity contribution in [3.8, 4) is 0 Å². The van der Waals surface area contributed by atoms with Crippen molar-refractivity contribution in [1.82, 2.24) is 10.0 Å². The number of rotatable bonds is 8. The van der Waals surface area contributed by atoms with Crippen LogP contribution in [-0.2, 0) is 19.6 Å². The lowest BCUT2D eigenvalue weighted by Crippen LogP contribution is -2.42. The highest BCUT2D eigenvalue weighted by Crippen LogP contribution is 2.23. The van der Waals surface area contributed by atoms with Crippen LogP contribution < -0.4 is 10.0 Å². The summed E-state index contributed by atoms with van der Waals surface area (Å²) >= 11 is 0. The third-order valence-corrected chi connectivity index (χ3v) is 6.01. The van der Waals surface area contributed by atoms with E-state index in [9.17, 15) is 18.0 Å². The second-order valence-electron chi connectivity index (χ2n) is 6.68. The summed E-state index contributed by atoms with van der Waals surface area (Å²) < 4.78 is 31.6. The first-order valence-electron chi connectivity index (χ1n) is 9.00. The number of hydrogen-bond acceptors (Lipinski definition) is 5. The molecule has 2 atom stereocenters. The summed E-state index contributed by atoms with van der Waals surface area (Å²) in [5.74, 6) is -0.690. The van der Waals surface area contributed by atoms with Gasteiger partial charge in [0.1, 0.15) is 0 Å². The molecule has 2 N–H and O–H groups in total. The lowest BCUT2D eigenvalue weighted by atomic mass is 9.86. The fraction of sp³-hybridized carbons (Fsp3) is 0.474. The van der Waals surface area contributed by atoms with E-state index in [1.54, 1.807) is 0 Å². The molecule has 7 nitrogen and oxygen atoms in total. The average molecular weight is 394 g/mol. The standard InChI is InChI=1S/C19H26N2O5S/c1-3-11-20-27(24,25)16-9-6-8-15(12-16)19(23)26-13-18(22)21-17-10-5-4-7-14(17)2/h3,6,8-9,12,14,17,20H,1,4-5,7,10-11,13H2,2H3,(H,21,22)/t14-,17-/m0/s1. The molecule has 0 spiro atoms. The molecule has 1 aliphatic rings. The van der Waals surface area contributed by atoms with Crippen LogP contribution in [0.15, 0.2) is 41.8 Å². The number of ether oxygens (including phenoxy) is 1. The third kappa shape index (κ3) is 6.18. The van der Waals surface area contributed by atoms with Gasteiger partial charge in [-0.25, -0.2) is 17.9 Å². The Bertz CT molecular complexity index is 791. The molecule has 27 heavy (non-hydrogen) atoms. The Morgan fingerprint density at radius 3 is 2.74 bits per heavy atom. The molecule has 0 aliphatic heterocycles. The Balaban J connectivity index is 1.93. The van der Waals surface area contributed by atoms with Gasteiger partial charge in [0.2, 0.25) is 10.0 Å². The maximum Gasteiger partial charge on any atom is 0.338 e. The summed E-state index contributed by atoms with van der Waals surface area (Å²) in [5.41, 5.74) is 0.0651. The van der Waals surface area contributed by atoms with E-state index in [2.05, 4.69) is 23.5 Å². The summed E-state index contributed by atoms with van der Waals surface area (Å²) in [6.45, 7) is 5.24. The Hall–Kier alpha value is -2.19. The Morgan fingerprint density at radius 1 is 1.30 bits per heavy atom. The van der Waals surface area contributed by atoms with E-state index in [1.807, 2.05) is 0 Å². The van der Waals surface area contributed by atoms with Crippen LogP contribution in [0.4, 0.5) is 0 Å². The molecule has 0 saturated heterocycles. The fourth-order valence-corrected chi connectivity index (χ4v) is 4.08. The van der Waals surface area contributed by atoms with Crippen molar-refractivity contribution in [2.45, 2.75) is 43.5 Å². The average Bonchev–Trinajstić information content (AvgIpc) is 2.66. The lowest BCUT2D eigenvalue weighted by Gasteiger charge is -2.29. The van der Waals surface area contributed by atoms with Crippen LogP contribution >= 0.6 is 0 Å². The molecule has 1 amide bonds. The SMILES string of the molecule is C=CCNS(=O)(=O)c1cccc(C(=O)OCC(=O)N[C@H]2CCCC[C@@H]2C)c1. The second-order valence-corrected chi connectivity index (χ2v) is 8.45. The number of benzene rings is 1. The quantitative estimate of drug-likeness (QED) is 0.519. The van der Waals surface area contributed by atoms with Gasteiger partial charge in [-0.15, -0.1) is 6.58 Å². The molecule has 1 aromatic carbocycles. The van der Waals surface area contributed by atoms with Gasteiger partial charge in [0, 0.05) is 12.6 Å². The van der Waals surface area contributed by atoms with Gasteiger partial charge >= 0.3 is 5.97 Å². The highest BCUT2D eigenvalue weighted by atomic mass is 32.2. The fourth-order valence-electron chi connectivity index (χ4n) is 3.04. The Kier molecular flexibility index (Phi) is 7.55. The van der Waals surface area contributed by atoms with Crippen molar-refractivity contribution in [1.29, 1.82) is 0 Å². The Labute approximate surface area is 160 Å². The van der Waals surface area contributed by atoms with Gasteiger partial charge in [-0.05, 0) is 37.0 Å². The van der Waals surface area contributed by atoms with Crippen LogP contribution in [0.5, 0.6) is 0 Å². The number of nitrogens with one attached hydrogen (secondary N) is 2. The van der Waals surface area contributed by atoms with Crippen molar-refractivity contribution in [3.05, 3.63) is 42.5 Å². The van der Waals surface area contributed by atoms with Crippen molar-refractivity contribution < 1.29 is 22.7 Å².